The minimum Gasteiger partial charge on any atom is -0.394 e. The largest absolute Gasteiger partial charge is 0.394 e. The molecule has 1 aliphatic heterocycles. The van der Waals surface area contributed by atoms with Gasteiger partial charge < -0.3 is 24.8 Å². The molecule has 4 aliphatic carbocycles. The predicted molar refractivity (Wildman–Crippen MR) is 165 cm³/mol. The van der Waals surface area contributed by atoms with E-state index in [0.717, 1.165) is 38.5 Å². The first-order valence-corrected chi connectivity index (χ1v) is 17.0. The van der Waals surface area contributed by atoms with Crippen molar-refractivity contribution in [3.63, 3.8) is 0 Å². The summed E-state index contributed by atoms with van der Waals surface area (Å²) < 4.78 is 12.5. The maximum absolute atomic E-state index is 14.6. The lowest BCUT2D eigenvalue weighted by Gasteiger charge is -2.65. The summed E-state index contributed by atoms with van der Waals surface area (Å²) in [4.78, 5) is 14.6. The standard InChI is InChI=1S/C36H60O6/c1-22(10-9-16-32(2,3)40)25-15-17-34(6)28-13-11-26-27(36(28,8)29(39)20-35(25,34)7)12-14-30(33(26,4)5)42-31-19-23(38)18-24(21-37)41-31/h11,22-25,27-28,30-31,37-38,40H,9-10,12-21H2,1-8H3/t22-,23+,24+,25?,27?,28?,30+,31+,34+,35-,36+/m1/s1. The summed E-state index contributed by atoms with van der Waals surface area (Å²) in [5.74, 6) is 2.12. The molecule has 0 amide bonds. The van der Waals surface area contributed by atoms with Gasteiger partial charge in [-0.2, -0.15) is 0 Å². The Bertz CT molecular complexity index is 1040. The van der Waals surface area contributed by atoms with E-state index in [0.29, 0.717) is 42.8 Å². The average molecular weight is 589 g/mol. The topological polar surface area (TPSA) is 96.2 Å². The quantitative estimate of drug-likeness (QED) is 0.277. The van der Waals surface area contributed by atoms with Gasteiger partial charge in [-0.25, -0.2) is 0 Å². The number of aliphatic hydroxyl groups excluding tert-OH is 2. The molecule has 1 saturated heterocycles. The molecule has 6 nitrogen and oxygen atoms in total. The van der Waals surface area contributed by atoms with E-state index in [4.69, 9.17) is 9.47 Å². The molecular formula is C36H60O6. The van der Waals surface area contributed by atoms with Crippen LogP contribution in [-0.2, 0) is 14.3 Å². The molecule has 0 aromatic carbocycles. The second-order valence-corrected chi connectivity index (χ2v) is 17.0. The SMILES string of the molecule is C[C@H](CCCC(C)(C)O)C1CC[C@@]2(C)C3CC=C4C(CC[C@H](O[C@H]5C[C@@H](O)C[C@@H](CO)O5)C4(C)C)[C@]3(C)C(=O)C[C@]12C. The molecule has 0 bridgehead atoms. The van der Waals surface area contributed by atoms with Crippen LogP contribution in [0.25, 0.3) is 0 Å². The molecule has 6 heteroatoms. The molecule has 0 spiro atoms. The van der Waals surface area contributed by atoms with Crippen molar-refractivity contribution in [1.82, 2.24) is 0 Å². The molecule has 5 aliphatic rings. The Labute approximate surface area is 255 Å². The molecule has 4 fully saturated rings. The predicted octanol–water partition coefficient (Wildman–Crippen LogP) is 6.59. The van der Waals surface area contributed by atoms with E-state index in [-0.39, 0.29) is 46.4 Å². The number of allylic oxidation sites excluding steroid dienone is 1. The van der Waals surface area contributed by atoms with Crippen LogP contribution in [-0.4, -0.2) is 57.9 Å². The van der Waals surface area contributed by atoms with Crippen LogP contribution >= 0.6 is 0 Å². The molecular weight excluding hydrogens is 528 g/mol. The number of aliphatic hydroxyl groups is 3. The van der Waals surface area contributed by atoms with E-state index < -0.39 is 18.0 Å². The van der Waals surface area contributed by atoms with Gasteiger partial charge in [-0.05, 0) is 86.9 Å². The minimum absolute atomic E-state index is 0.00594. The van der Waals surface area contributed by atoms with Gasteiger partial charge in [0, 0.05) is 30.1 Å². The molecule has 0 aromatic heterocycles. The molecule has 0 aromatic rings. The van der Waals surface area contributed by atoms with Crippen LogP contribution in [0.4, 0.5) is 0 Å². The van der Waals surface area contributed by atoms with E-state index in [1.807, 2.05) is 13.8 Å². The lowest BCUT2D eigenvalue weighted by Crippen LogP contribution is -2.63. The third-order valence-electron chi connectivity index (χ3n) is 13.7. The number of Topliss-reactive ketones (excluding diaryl/α,β-unsaturated/α-hetero) is 1. The first-order chi connectivity index (χ1) is 19.5. The van der Waals surface area contributed by atoms with E-state index in [1.165, 1.54) is 18.4 Å². The van der Waals surface area contributed by atoms with Crippen LogP contribution in [0.1, 0.15) is 126 Å². The molecule has 5 rings (SSSR count). The maximum atomic E-state index is 14.6. The summed E-state index contributed by atoms with van der Waals surface area (Å²) in [5.41, 5.74) is 0.281. The Morgan fingerprint density at radius 1 is 1.10 bits per heavy atom. The second-order valence-electron chi connectivity index (χ2n) is 17.0. The van der Waals surface area contributed by atoms with Gasteiger partial charge in [0.05, 0.1) is 30.5 Å². The van der Waals surface area contributed by atoms with Gasteiger partial charge in [0.1, 0.15) is 5.78 Å². The van der Waals surface area contributed by atoms with Crippen molar-refractivity contribution in [2.24, 2.45) is 45.3 Å². The fourth-order valence-electron chi connectivity index (χ4n) is 11.0. The van der Waals surface area contributed by atoms with Crippen molar-refractivity contribution < 1.29 is 29.6 Å². The van der Waals surface area contributed by atoms with E-state index >= 15 is 0 Å². The van der Waals surface area contributed by atoms with Gasteiger partial charge in [-0.3, -0.25) is 4.79 Å². The molecule has 1 heterocycles. The Balaban J connectivity index is 1.36. The summed E-state index contributed by atoms with van der Waals surface area (Å²) in [6, 6.07) is 0. The molecule has 3 unspecified atom stereocenters. The molecule has 42 heavy (non-hydrogen) atoms. The smallest absolute Gasteiger partial charge is 0.160 e. The Morgan fingerprint density at radius 3 is 2.48 bits per heavy atom. The zero-order valence-corrected chi connectivity index (χ0v) is 27.7. The molecule has 3 N–H and O–H groups in total. The number of ketones is 1. The van der Waals surface area contributed by atoms with Crippen molar-refractivity contribution in [2.75, 3.05) is 6.61 Å². The van der Waals surface area contributed by atoms with Gasteiger partial charge in [-0.15, -0.1) is 0 Å². The number of carbonyl (C=O) groups is 1. The third-order valence-corrected chi connectivity index (χ3v) is 13.7. The zero-order chi connectivity index (χ0) is 30.9. The number of hydrogen-bond donors (Lipinski definition) is 3. The number of hydrogen-bond acceptors (Lipinski definition) is 6. The maximum Gasteiger partial charge on any atom is 0.160 e. The van der Waals surface area contributed by atoms with Gasteiger partial charge >= 0.3 is 0 Å². The Morgan fingerprint density at radius 2 is 1.81 bits per heavy atom. The summed E-state index contributed by atoms with van der Waals surface area (Å²) >= 11 is 0. The average Bonchev–Trinajstić information content (AvgIpc) is 3.15. The van der Waals surface area contributed by atoms with Crippen molar-refractivity contribution in [3.05, 3.63) is 11.6 Å². The first-order valence-electron chi connectivity index (χ1n) is 17.0. The van der Waals surface area contributed by atoms with Crippen LogP contribution in [0, 0.1) is 45.3 Å². The van der Waals surface area contributed by atoms with Gasteiger partial charge in [0.25, 0.3) is 0 Å². The lowest BCUT2D eigenvalue weighted by molar-refractivity contribution is -0.255. The number of carbonyl (C=O) groups excluding carboxylic acids is 1. The fourth-order valence-corrected chi connectivity index (χ4v) is 11.0. The van der Waals surface area contributed by atoms with Gasteiger partial charge in [-0.1, -0.05) is 66.0 Å². The fraction of sp³-hybridized carbons (Fsp3) is 0.917. The molecule has 240 valence electrons. The van der Waals surface area contributed by atoms with Crippen LogP contribution < -0.4 is 0 Å². The molecule has 3 saturated carbocycles. The number of ether oxygens (including phenoxy) is 2. The van der Waals surface area contributed by atoms with Crippen LogP contribution in [0.2, 0.25) is 0 Å². The summed E-state index contributed by atoms with van der Waals surface area (Å²) in [6.45, 7) is 17.9. The van der Waals surface area contributed by atoms with Crippen molar-refractivity contribution in [1.29, 1.82) is 0 Å². The van der Waals surface area contributed by atoms with Crippen molar-refractivity contribution >= 4 is 5.78 Å². The van der Waals surface area contributed by atoms with Crippen molar-refractivity contribution in [3.8, 4) is 0 Å². The summed E-state index contributed by atoms with van der Waals surface area (Å²) in [6.07, 6.45) is 10.6. The van der Waals surface area contributed by atoms with Crippen LogP contribution in [0.5, 0.6) is 0 Å². The van der Waals surface area contributed by atoms with Gasteiger partial charge in [0.2, 0.25) is 0 Å². The highest BCUT2D eigenvalue weighted by molar-refractivity contribution is 5.88. The molecule has 0 radical (unpaired) electrons. The van der Waals surface area contributed by atoms with E-state index in [1.54, 1.807) is 0 Å². The number of rotatable bonds is 8. The van der Waals surface area contributed by atoms with E-state index in [2.05, 4.69) is 47.6 Å². The monoisotopic (exact) mass is 588 g/mol. The van der Waals surface area contributed by atoms with Crippen LogP contribution in [0.3, 0.4) is 0 Å². The zero-order valence-electron chi connectivity index (χ0n) is 27.7. The Hall–Kier alpha value is -0.790. The van der Waals surface area contributed by atoms with Crippen molar-refractivity contribution in [2.45, 2.75) is 156 Å². The minimum atomic E-state index is -0.618. The molecule has 11 atom stereocenters. The second kappa shape index (κ2) is 11.2. The highest BCUT2D eigenvalue weighted by Gasteiger charge is 2.70. The summed E-state index contributed by atoms with van der Waals surface area (Å²) in [7, 11) is 0. The van der Waals surface area contributed by atoms with Gasteiger partial charge in [0.15, 0.2) is 6.29 Å². The normalized spacial score (nSPS) is 45.9. The Kier molecular flexibility index (Phi) is 8.71. The first kappa shape index (κ1) is 32.6. The van der Waals surface area contributed by atoms with E-state index in [9.17, 15) is 20.1 Å². The summed E-state index contributed by atoms with van der Waals surface area (Å²) in [5, 5.41) is 30.2. The third kappa shape index (κ3) is 5.27. The number of fused-ring (bicyclic) bond motifs is 5. The highest BCUT2D eigenvalue weighted by atomic mass is 16.7. The van der Waals surface area contributed by atoms with Crippen LogP contribution in [0.15, 0.2) is 11.6 Å². The lowest BCUT2D eigenvalue weighted by atomic mass is 9.38. The highest BCUT2D eigenvalue weighted by Crippen LogP contribution is 2.74.